The Morgan fingerprint density at radius 3 is 2.52 bits per heavy atom. The van der Waals surface area contributed by atoms with Gasteiger partial charge in [0, 0.05) is 24.8 Å². The molecule has 0 N–H and O–H groups in total. The molecule has 1 saturated heterocycles. The summed E-state index contributed by atoms with van der Waals surface area (Å²) in [7, 11) is 0. The Morgan fingerprint density at radius 2 is 1.79 bits per heavy atom. The molecule has 0 spiro atoms. The van der Waals surface area contributed by atoms with Crippen molar-refractivity contribution in [2.24, 2.45) is 0 Å². The van der Waals surface area contributed by atoms with E-state index in [9.17, 15) is 9.18 Å². The summed E-state index contributed by atoms with van der Waals surface area (Å²) in [6, 6.07) is 12.1. The molecule has 0 saturated carbocycles. The Bertz CT molecular complexity index is 1160. The van der Waals surface area contributed by atoms with Crippen molar-refractivity contribution in [1.82, 2.24) is 14.3 Å². The van der Waals surface area contributed by atoms with Crippen molar-refractivity contribution in [3.05, 3.63) is 72.7 Å². The number of carbonyl (C=O) groups is 1. The van der Waals surface area contributed by atoms with E-state index in [2.05, 4.69) is 4.98 Å². The first-order chi connectivity index (χ1) is 14.2. The summed E-state index contributed by atoms with van der Waals surface area (Å²) in [5, 5.41) is 0. The predicted octanol–water partition coefficient (Wildman–Crippen LogP) is 3.87. The van der Waals surface area contributed by atoms with Crippen LogP contribution in [0.15, 0.2) is 65.7 Å². The van der Waals surface area contributed by atoms with Crippen molar-refractivity contribution >= 4 is 11.4 Å². The predicted molar refractivity (Wildman–Crippen MR) is 105 cm³/mol. The highest BCUT2D eigenvalue weighted by atomic mass is 19.1. The van der Waals surface area contributed by atoms with Gasteiger partial charge in [-0.25, -0.2) is 9.37 Å². The minimum atomic E-state index is -0.280. The van der Waals surface area contributed by atoms with Crippen LogP contribution in [-0.4, -0.2) is 46.5 Å². The molecule has 7 heteroatoms. The quantitative estimate of drug-likeness (QED) is 0.532. The third-order valence-electron chi connectivity index (χ3n) is 5.15. The van der Waals surface area contributed by atoms with E-state index in [1.165, 1.54) is 24.8 Å². The van der Waals surface area contributed by atoms with E-state index >= 15 is 0 Å². The van der Waals surface area contributed by atoms with Crippen LogP contribution in [0.1, 0.15) is 10.4 Å². The average Bonchev–Trinajstić information content (AvgIpc) is 3.41. The number of oxazole rings is 1. The molecule has 5 rings (SSSR count). The molecule has 4 heterocycles. The zero-order chi connectivity index (χ0) is 19.8. The van der Waals surface area contributed by atoms with Crippen molar-refractivity contribution in [1.29, 1.82) is 0 Å². The number of pyridine rings is 1. The lowest BCUT2D eigenvalue weighted by Crippen LogP contribution is -2.40. The second-order valence-electron chi connectivity index (χ2n) is 6.90. The van der Waals surface area contributed by atoms with Gasteiger partial charge in [0.25, 0.3) is 5.91 Å². The van der Waals surface area contributed by atoms with Crippen molar-refractivity contribution in [3.8, 4) is 22.5 Å². The summed E-state index contributed by atoms with van der Waals surface area (Å²) in [5.41, 5.74) is 4.48. The van der Waals surface area contributed by atoms with E-state index < -0.39 is 0 Å². The maximum Gasteiger partial charge on any atom is 0.256 e. The molecule has 1 aliphatic rings. The van der Waals surface area contributed by atoms with Gasteiger partial charge in [-0.1, -0.05) is 18.2 Å². The van der Waals surface area contributed by atoms with E-state index in [4.69, 9.17) is 9.15 Å². The number of amides is 1. The zero-order valence-corrected chi connectivity index (χ0v) is 15.5. The van der Waals surface area contributed by atoms with Crippen LogP contribution in [0.3, 0.4) is 0 Å². The van der Waals surface area contributed by atoms with Crippen LogP contribution < -0.4 is 0 Å². The van der Waals surface area contributed by atoms with Gasteiger partial charge in [-0.05, 0) is 35.4 Å². The van der Waals surface area contributed by atoms with Gasteiger partial charge in [0.1, 0.15) is 17.8 Å². The summed E-state index contributed by atoms with van der Waals surface area (Å²) >= 11 is 0. The normalized spacial score (nSPS) is 14.4. The molecule has 0 bridgehead atoms. The highest BCUT2D eigenvalue weighted by Gasteiger charge is 2.25. The Balaban J connectivity index is 1.66. The molecule has 1 amide bonds. The molecule has 0 atom stereocenters. The maximum atomic E-state index is 13.3. The van der Waals surface area contributed by atoms with Crippen LogP contribution in [0.4, 0.5) is 4.39 Å². The number of benzene rings is 1. The zero-order valence-electron chi connectivity index (χ0n) is 15.5. The standard InChI is InChI=1S/C22H18FN3O3/c23-17-4-1-15(2-5-17)16-3-6-18-11-19(22(27)25-7-9-28-10-8-25)21(26(18)12-16)20-13-29-14-24-20/h1-6,11-14H,7-10H2. The first-order valence-electron chi connectivity index (χ1n) is 9.37. The van der Waals surface area contributed by atoms with Gasteiger partial charge in [0.05, 0.1) is 24.5 Å². The van der Waals surface area contributed by atoms with Crippen molar-refractivity contribution in [2.75, 3.05) is 26.3 Å². The Kier molecular flexibility index (Phi) is 4.37. The summed E-state index contributed by atoms with van der Waals surface area (Å²) in [6.07, 6.45) is 4.81. The van der Waals surface area contributed by atoms with Gasteiger partial charge < -0.3 is 18.5 Å². The summed E-state index contributed by atoms with van der Waals surface area (Å²) in [5.74, 6) is -0.337. The molecular formula is C22H18FN3O3. The van der Waals surface area contributed by atoms with Crippen LogP contribution >= 0.6 is 0 Å². The first kappa shape index (κ1) is 17.6. The lowest BCUT2D eigenvalue weighted by atomic mass is 10.1. The minimum Gasteiger partial charge on any atom is -0.451 e. The fourth-order valence-electron chi connectivity index (χ4n) is 3.67. The second kappa shape index (κ2) is 7.18. The minimum absolute atomic E-state index is 0.0571. The molecular weight excluding hydrogens is 373 g/mol. The van der Waals surface area contributed by atoms with E-state index in [-0.39, 0.29) is 11.7 Å². The Labute approximate surface area is 166 Å². The molecule has 0 radical (unpaired) electrons. The number of fused-ring (bicyclic) bond motifs is 1. The lowest BCUT2D eigenvalue weighted by molar-refractivity contribution is 0.0303. The van der Waals surface area contributed by atoms with Gasteiger partial charge in [-0.3, -0.25) is 4.79 Å². The summed E-state index contributed by atoms with van der Waals surface area (Å²) in [4.78, 5) is 19.3. The summed E-state index contributed by atoms with van der Waals surface area (Å²) < 4.78 is 25.8. The van der Waals surface area contributed by atoms with Crippen molar-refractivity contribution < 1.29 is 18.3 Å². The van der Waals surface area contributed by atoms with E-state index in [1.54, 1.807) is 17.0 Å². The molecule has 1 aliphatic heterocycles. The second-order valence-corrected chi connectivity index (χ2v) is 6.90. The number of hydrogen-bond donors (Lipinski definition) is 0. The smallest absolute Gasteiger partial charge is 0.256 e. The lowest BCUT2D eigenvalue weighted by Gasteiger charge is -2.26. The van der Waals surface area contributed by atoms with Gasteiger partial charge in [0.15, 0.2) is 6.39 Å². The SMILES string of the molecule is O=C(c1cc2ccc(-c3ccc(F)cc3)cn2c1-c1cocn1)N1CCOCC1. The molecule has 1 fully saturated rings. The number of halogens is 1. The first-order valence-corrected chi connectivity index (χ1v) is 9.37. The monoisotopic (exact) mass is 391 g/mol. The number of rotatable bonds is 3. The third kappa shape index (κ3) is 3.19. The molecule has 0 aliphatic carbocycles. The van der Waals surface area contributed by atoms with E-state index in [0.717, 1.165) is 16.6 Å². The van der Waals surface area contributed by atoms with Gasteiger partial charge in [-0.15, -0.1) is 0 Å². The largest absolute Gasteiger partial charge is 0.451 e. The molecule has 4 aromatic rings. The van der Waals surface area contributed by atoms with E-state index in [1.807, 2.05) is 28.8 Å². The molecule has 3 aromatic heterocycles. The van der Waals surface area contributed by atoms with E-state index in [0.29, 0.717) is 43.3 Å². The Hall–Kier alpha value is -3.45. The average molecular weight is 391 g/mol. The number of morpholine rings is 1. The van der Waals surface area contributed by atoms with Gasteiger partial charge in [0.2, 0.25) is 0 Å². The fourth-order valence-corrected chi connectivity index (χ4v) is 3.67. The highest BCUT2D eigenvalue weighted by molar-refractivity contribution is 6.02. The fraction of sp³-hybridized carbons (Fsp3) is 0.182. The van der Waals surface area contributed by atoms with Crippen molar-refractivity contribution in [2.45, 2.75) is 0 Å². The number of nitrogens with zero attached hydrogens (tertiary/aromatic N) is 3. The van der Waals surface area contributed by atoms with Crippen LogP contribution in [0.25, 0.3) is 28.0 Å². The highest BCUT2D eigenvalue weighted by Crippen LogP contribution is 2.30. The van der Waals surface area contributed by atoms with Gasteiger partial charge in [-0.2, -0.15) is 0 Å². The number of hydrogen-bond acceptors (Lipinski definition) is 4. The molecule has 6 nitrogen and oxygen atoms in total. The topological polar surface area (TPSA) is 60.0 Å². The Morgan fingerprint density at radius 1 is 1.03 bits per heavy atom. The molecule has 0 unspecified atom stereocenters. The molecule has 146 valence electrons. The molecule has 29 heavy (non-hydrogen) atoms. The third-order valence-corrected chi connectivity index (χ3v) is 5.15. The van der Waals surface area contributed by atoms with Crippen LogP contribution in [0, 0.1) is 5.82 Å². The van der Waals surface area contributed by atoms with Crippen LogP contribution in [0.2, 0.25) is 0 Å². The van der Waals surface area contributed by atoms with Crippen molar-refractivity contribution in [3.63, 3.8) is 0 Å². The van der Waals surface area contributed by atoms with Gasteiger partial charge >= 0.3 is 0 Å². The number of aromatic nitrogens is 2. The maximum absolute atomic E-state index is 13.3. The number of ether oxygens (including phenoxy) is 1. The molecule has 1 aromatic carbocycles. The van der Waals surface area contributed by atoms with Crippen LogP contribution in [-0.2, 0) is 4.74 Å². The summed E-state index contributed by atoms with van der Waals surface area (Å²) in [6.45, 7) is 2.19. The number of carbonyl (C=O) groups excluding carboxylic acids is 1. The van der Waals surface area contributed by atoms with Crippen LogP contribution in [0.5, 0.6) is 0 Å².